The second-order valence-corrected chi connectivity index (χ2v) is 6.45. The highest BCUT2D eigenvalue weighted by Crippen LogP contribution is 2.49. The van der Waals surface area contributed by atoms with Crippen LogP contribution in [0.3, 0.4) is 0 Å². The maximum atomic E-state index is 12.7. The molecule has 0 atom stereocenters. The highest BCUT2D eigenvalue weighted by atomic mass is 79.9. The van der Waals surface area contributed by atoms with Crippen molar-refractivity contribution in [3.8, 4) is 0 Å². The van der Waals surface area contributed by atoms with Crippen LogP contribution >= 0.6 is 15.9 Å². The number of carbonyl (C=O) groups excluding carboxylic acids is 1. The SMILES string of the molecule is Cc1cc(Br)c(NC(=O)C2(c3ccccc3)CC2)cc1N. The number of benzene rings is 2. The first-order valence-corrected chi connectivity index (χ1v) is 7.75. The van der Waals surface area contributed by atoms with Gasteiger partial charge in [0, 0.05) is 10.2 Å². The molecule has 1 amide bonds. The van der Waals surface area contributed by atoms with E-state index in [1.165, 1.54) is 0 Å². The molecule has 0 heterocycles. The Kier molecular flexibility index (Phi) is 3.49. The fraction of sp³-hybridized carbons (Fsp3) is 0.235. The first-order chi connectivity index (χ1) is 10.0. The number of hydrogen-bond donors (Lipinski definition) is 2. The molecule has 0 spiro atoms. The maximum Gasteiger partial charge on any atom is 0.235 e. The van der Waals surface area contributed by atoms with E-state index in [0.717, 1.165) is 34.1 Å². The molecule has 3 N–H and O–H groups in total. The molecular weight excluding hydrogens is 328 g/mol. The van der Waals surface area contributed by atoms with Gasteiger partial charge in [-0.2, -0.15) is 0 Å². The maximum absolute atomic E-state index is 12.7. The van der Waals surface area contributed by atoms with Crippen molar-refractivity contribution >= 4 is 33.2 Å². The molecule has 4 heteroatoms. The molecule has 1 saturated carbocycles. The number of nitrogen functional groups attached to an aromatic ring is 1. The summed E-state index contributed by atoms with van der Waals surface area (Å²) >= 11 is 3.48. The van der Waals surface area contributed by atoms with E-state index >= 15 is 0 Å². The van der Waals surface area contributed by atoms with Gasteiger partial charge in [-0.25, -0.2) is 0 Å². The van der Waals surface area contributed by atoms with Crippen LogP contribution < -0.4 is 11.1 Å². The van der Waals surface area contributed by atoms with Crippen LogP contribution in [0.15, 0.2) is 46.9 Å². The third-order valence-electron chi connectivity index (χ3n) is 4.11. The van der Waals surface area contributed by atoms with Gasteiger partial charge in [0.05, 0.1) is 11.1 Å². The van der Waals surface area contributed by atoms with Gasteiger partial charge in [0.1, 0.15) is 0 Å². The van der Waals surface area contributed by atoms with E-state index in [-0.39, 0.29) is 11.3 Å². The van der Waals surface area contributed by atoms with Crippen molar-refractivity contribution < 1.29 is 4.79 Å². The molecule has 3 nitrogen and oxygen atoms in total. The fourth-order valence-corrected chi connectivity index (χ4v) is 3.11. The molecule has 1 aliphatic rings. The van der Waals surface area contributed by atoms with Crippen LogP contribution in [0.5, 0.6) is 0 Å². The number of nitrogens with two attached hydrogens (primary N) is 1. The summed E-state index contributed by atoms with van der Waals surface area (Å²) in [7, 11) is 0. The number of halogens is 1. The normalized spacial score (nSPS) is 15.5. The molecule has 0 radical (unpaired) electrons. The van der Waals surface area contributed by atoms with Crippen molar-refractivity contribution in [3.63, 3.8) is 0 Å². The molecule has 108 valence electrons. The number of amides is 1. The molecule has 0 bridgehead atoms. The lowest BCUT2D eigenvalue weighted by molar-refractivity contribution is -0.118. The van der Waals surface area contributed by atoms with Crippen LogP contribution in [0.4, 0.5) is 11.4 Å². The van der Waals surface area contributed by atoms with Crippen molar-refractivity contribution in [1.29, 1.82) is 0 Å². The molecular formula is C17H17BrN2O. The Morgan fingerprint density at radius 3 is 2.52 bits per heavy atom. The van der Waals surface area contributed by atoms with Gasteiger partial charge >= 0.3 is 0 Å². The Balaban J connectivity index is 1.86. The third-order valence-corrected chi connectivity index (χ3v) is 4.77. The number of nitrogens with one attached hydrogen (secondary N) is 1. The smallest absolute Gasteiger partial charge is 0.235 e. The van der Waals surface area contributed by atoms with E-state index in [2.05, 4.69) is 21.2 Å². The van der Waals surface area contributed by atoms with E-state index in [1.807, 2.05) is 43.3 Å². The van der Waals surface area contributed by atoms with E-state index in [1.54, 1.807) is 6.07 Å². The summed E-state index contributed by atoms with van der Waals surface area (Å²) in [5, 5.41) is 3.01. The fourth-order valence-electron chi connectivity index (χ4n) is 2.56. The third kappa shape index (κ3) is 2.56. The zero-order chi connectivity index (χ0) is 15.0. The average Bonchev–Trinajstić information content (AvgIpc) is 3.27. The predicted molar refractivity (Wildman–Crippen MR) is 89.3 cm³/mol. The zero-order valence-electron chi connectivity index (χ0n) is 11.8. The Hall–Kier alpha value is -1.81. The minimum Gasteiger partial charge on any atom is -0.398 e. The van der Waals surface area contributed by atoms with E-state index in [0.29, 0.717) is 5.69 Å². The van der Waals surface area contributed by atoms with Gasteiger partial charge in [-0.3, -0.25) is 4.79 Å². The summed E-state index contributed by atoms with van der Waals surface area (Å²) in [5.74, 6) is 0.0395. The number of carbonyl (C=O) groups is 1. The van der Waals surface area contributed by atoms with Gasteiger partial charge in [-0.15, -0.1) is 0 Å². The van der Waals surface area contributed by atoms with Crippen LogP contribution in [0.1, 0.15) is 24.0 Å². The molecule has 21 heavy (non-hydrogen) atoms. The average molecular weight is 345 g/mol. The van der Waals surface area contributed by atoms with Gasteiger partial charge in [-0.1, -0.05) is 30.3 Å². The van der Waals surface area contributed by atoms with E-state index in [9.17, 15) is 4.79 Å². The number of rotatable bonds is 3. The van der Waals surface area contributed by atoms with Crippen LogP contribution in [0.2, 0.25) is 0 Å². The Labute approximate surface area is 132 Å². The molecule has 1 aliphatic carbocycles. The van der Waals surface area contributed by atoms with Gasteiger partial charge in [0.2, 0.25) is 5.91 Å². The summed E-state index contributed by atoms with van der Waals surface area (Å²) in [5.41, 5.74) is 9.03. The Bertz CT molecular complexity index is 693. The molecule has 2 aromatic carbocycles. The van der Waals surface area contributed by atoms with Crippen LogP contribution in [-0.4, -0.2) is 5.91 Å². The lowest BCUT2D eigenvalue weighted by Gasteiger charge is -2.17. The Morgan fingerprint density at radius 2 is 1.90 bits per heavy atom. The summed E-state index contributed by atoms with van der Waals surface area (Å²) in [6, 6.07) is 13.7. The number of aryl methyl sites for hydroxylation is 1. The van der Waals surface area contributed by atoms with Crippen molar-refractivity contribution in [3.05, 3.63) is 58.1 Å². The van der Waals surface area contributed by atoms with Crippen molar-refractivity contribution in [1.82, 2.24) is 0 Å². The van der Waals surface area contributed by atoms with Crippen LogP contribution in [-0.2, 0) is 10.2 Å². The molecule has 0 aromatic heterocycles. The second-order valence-electron chi connectivity index (χ2n) is 5.59. The van der Waals surface area contributed by atoms with Crippen molar-refractivity contribution in [2.24, 2.45) is 0 Å². The Morgan fingerprint density at radius 1 is 1.24 bits per heavy atom. The van der Waals surface area contributed by atoms with Gasteiger partial charge in [0.15, 0.2) is 0 Å². The molecule has 3 rings (SSSR count). The first kappa shape index (κ1) is 14.1. The summed E-state index contributed by atoms with van der Waals surface area (Å²) in [6.45, 7) is 1.94. The van der Waals surface area contributed by atoms with E-state index < -0.39 is 0 Å². The molecule has 0 saturated heterocycles. The van der Waals surface area contributed by atoms with Gasteiger partial charge in [0.25, 0.3) is 0 Å². The summed E-state index contributed by atoms with van der Waals surface area (Å²) < 4.78 is 0.853. The summed E-state index contributed by atoms with van der Waals surface area (Å²) in [6.07, 6.45) is 1.78. The molecule has 1 fully saturated rings. The largest absolute Gasteiger partial charge is 0.398 e. The quantitative estimate of drug-likeness (QED) is 0.826. The number of anilines is 2. The lowest BCUT2D eigenvalue weighted by Crippen LogP contribution is -2.28. The second kappa shape index (κ2) is 5.19. The van der Waals surface area contributed by atoms with Crippen LogP contribution in [0.25, 0.3) is 0 Å². The minimum absolute atomic E-state index is 0.0395. The van der Waals surface area contributed by atoms with E-state index in [4.69, 9.17) is 5.73 Å². The topological polar surface area (TPSA) is 55.1 Å². The lowest BCUT2D eigenvalue weighted by atomic mass is 9.95. The molecule has 0 unspecified atom stereocenters. The zero-order valence-corrected chi connectivity index (χ0v) is 13.4. The van der Waals surface area contributed by atoms with Gasteiger partial charge in [-0.05, 0) is 59.0 Å². The molecule has 2 aromatic rings. The van der Waals surface area contributed by atoms with Crippen molar-refractivity contribution in [2.75, 3.05) is 11.1 Å². The predicted octanol–water partition coefficient (Wildman–Crippen LogP) is 4.01. The highest BCUT2D eigenvalue weighted by Gasteiger charge is 2.51. The monoisotopic (exact) mass is 344 g/mol. The number of hydrogen-bond acceptors (Lipinski definition) is 2. The molecule has 0 aliphatic heterocycles. The van der Waals surface area contributed by atoms with Crippen LogP contribution in [0, 0.1) is 6.92 Å². The minimum atomic E-state index is -0.375. The first-order valence-electron chi connectivity index (χ1n) is 6.95. The van der Waals surface area contributed by atoms with Gasteiger partial charge < -0.3 is 11.1 Å². The summed E-state index contributed by atoms with van der Waals surface area (Å²) in [4.78, 5) is 12.7. The van der Waals surface area contributed by atoms with Crippen molar-refractivity contribution in [2.45, 2.75) is 25.2 Å². The standard InChI is InChI=1S/C17H17BrN2O/c1-11-9-13(18)15(10-14(11)19)20-16(21)17(7-8-17)12-5-3-2-4-6-12/h2-6,9-10H,7-8,19H2,1H3,(H,20,21). The highest BCUT2D eigenvalue weighted by molar-refractivity contribution is 9.10.